The van der Waals surface area contributed by atoms with Crippen LogP contribution in [0.3, 0.4) is 0 Å². The summed E-state index contributed by atoms with van der Waals surface area (Å²) in [4.78, 5) is 37.8. The van der Waals surface area contributed by atoms with E-state index in [-0.39, 0.29) is 16.8 Å². The number of fused-ring (bicyclic) bond motifs is 1. The number of carbonyl (C=O) groups excluding carboxylic acids is 2. The van der Waals surface area contributed by atoms with Crippen molar-refractivity contribution in [1.29, 1.82) is 0 Å². The van der Waals surface area contributed by atoms with Crippen LogP contribution in [0.25, 0.3) is 22.4 Å². The summed E-state index contributed by atoms with van der Waals surface area (Å²) in [5.74, 6) is -0.364. The van der Waals surface area contributed by atoms with E-state index in [1.54, 1.807) is 63.4 Å². The first-order chi connectivity index (χ1) is 16.9. The second-order valence-electron chi connectivity index (χ2n) is 7.67. The van der Waals surface area contributed by atoms with Gasteiger partial charge >= 0.3 is 5.97 Å². The maximum Gasteiger partial charge on any atom is 0.339 e. The molecule has 0 unspecified atom stereocenters. The van der Waals surface area contributed by atoms with Crippen molar-refractivity contribution in [3.63, 3.8) is 0 Å². The number of esters is 1. The first-order valence-corrected chi connectivity index (χ1v) is 10.7. The molecule has 2 N–H and O–H groups in total. The molecule has 0 aliphatic rings. The number of anilines is 1. The number of aryl methyl sites for hydroxylation is 2. The Labute approximate surface area is 200 Å². The zero-order valence-corrected chi connectivity index (χ0v) is 19.4. The van der Waals surface area contributed by atoms with Gasteiger partial charge in [-0.2, -0.15) is 5.10 Å². The average molecular weight is 473 g/mol. The van der Waals surface area contributed by atoms with Crippen molar-refractivity contribution in [2.45, 2.75) is 13.8 Å². The van der Waals surface area contributed by atoms with Gasteiger partial charge in [-0.15, -0.1) is 0 Å². The minimum absolute atomic E-state index is 0.0295. The van der Waals surface area contributed by atoms with Gasteiger partial charge in [0.2, 0.25) is 5.88 Å². The topological polar surface area (TPSA) is 124 Å². The Morgan fingerprint density at radius 2 is 1.77 bits per heavy atom. The molecule has 0 fully saturated rings. The lowest BCUT2D eigenvalue weighted by Gasteiger charge is -2.10. The summed E-state index contributed by atoms with van der Waals surface area (Å²) < 4.78 is 16.3. The number of amides is 1. The van der Waals surface area contributed by atoms with E-state index in [9.17, 15) is 14.4 Å². The van der Waals surface area contributed by atoms with Gasteiger partial charge in [-0.1, -0.05) is 48.5 Å². The summed E-state index contributed by atoms with van der Waals surface area (Å²) in [6.07, 6.45) is 1.65. The average Bonchev–Trinajstić information content (AvgIpc) is 3.20. The third-order valence-corrected chi connectivity index (χ3v) is 5.33. The standard InChI is InChI=1S/C26H23N3O6/c1-15-22-16(2)35-25(23(22)24(31)29-28-15)27-21(30)14-34-26(32)19(17-9-5-4-6-10-17)13-18-11-7-8-12-20(18)33-3/h4-13H,14H2,1-3H3,(H,27,30)(H,29,31). The third-order valence-electron chi connectivity index (χ3n) is 5.33. The molecule has 0 aliphatic heterocycles. The Balaban J connectivity index is 1.55. The number of rotatable bonds is 7. The van der Waals surface area contributed by atoms with Crippen LogP contribution in [0.2, 0.25) is 0 Å². The number of benzene rings is 2. The number of carbonyl (C=O) groups is 2. The van der Waals surface area contributed by atoms with Gasteiger partial charge < -0.3 is 13.9 Å². The van der Waals surface area contributed by atoms with E-state index in [4.69, 9.17) is 13.9 Å². The lowest BCUT2D eigenvalue weighted by molar-refractivity contribution is -0.141. The number of para-hydroxylation sites is 1. The summed E-state index contributed by atoms with van der Waals surface area (Å²) in [6, 6.07) is 16.2. The van der Waals surface area contributed by atoms with Crippen LogP contribution in [0.15, 0.2) is 63.8 Å². The molecular formula is C26H23N3O6. The molecule has 0 spiro atoms. The zero-order valence-electron chi connectivity index (χ0n) is 19.4. The highest BCUT2D eigenvalue weighted by Gasteiger charge is 2.21. The van der Waals surface area contributed by atoms with E-state index in [2.05, 4.69) is 15.5 Å². The Morgan fingerprint density at radius 3 is 2.51 bits per heavy atom. The molecule has 9 heteroatoms. The molecular weight excluding hydrogens is 450 g/mol. The van der Waals surface area contributed by atoms with Crippen molar-refractivity contribution < 1.29 is 23.5 Å². The minimum Gasteiger partial charge on any atom is -0.496 e. The van der Waals surface area contributed by atoms with Gasteiger partial charge in [0.1, 0.15) is 16.9 Å². The van der Waals surface area contributed by atoms with Crippen molar-refractivity contribution in [2.75, 3.05) is 19.0 Å². The maximum absolute atomic E-state index is 13.0. The molecule has 178 valence electrons. The second kappa shape index (κ2) is 10.1. The van der Waals surface area contributed by atoms with E-state index in [1.165, 1.54) is 0 Å². The Bertz CT molecular complexity index is 1480. The molecule has 0 bridgehead atoms. The summed E-state index contributed by atoms with van der Waals surface area (Å²) in [5, 5.41) is 9.49. The molecule has 0 saturated heterocycles. The summed E-state index contributed by atoms with van der Waals surface area (Å²) >= 11 is 0. The number of ether oxygens (including phenoxy) is 2. The Kier molecular flexibility index (Phi) is 6.77. The van der Waals surface area contributed by atoms with E-state index in [0.717, 1.165) is 0 Å². The fraction of sp³-hybridized carbons (Fsp3) is 0.154. The van der Waals surface area contributed by atoms with Gasteiger partial charge in [0.05, 0.1) is 23.8 Å². The molecule has 9 nitrogen and oxygen atoms in total. The van der Waals surface area contributed by atoms with Crippen LogP contribution in [-0.2, 0) is 14.3 Å². The van der Waals surface area contributed by atoms with Gasteiger partial charge in [-0.25, -0.2) is 9.89 Å². The normalized spacial score (nSPS) is 11.3. The van der Waals surface area contributed by atoms with Crippen LogP contribution in [0, 0.1) is 13.8 Å². The van der Waals surface area contributed by atoms with E-state index < -0.39 is 24.0 Å². The van der Waals surface area contributed by atoms with Crippen LogP contribution in [0.5, 0.6) is 5.75 Å². The summed E-state index contributed by atoms with van der Waals surface area (Å²) in [6.45, 7) is 2.80. The molecule has 1 amide bonds. The van der Waals surface area contributed by atoms with Crippen molar-refractivity contribution >= 4 is 40.2 Å². The lowest BCUT2D eigenvalue weighted by atomic mass is 10.0. The molecule has 0 saturated carbocycles. The van der Waals surface area contributed by atoms with E-state index in [1.807, 2.05) is 18.2 Å². The van der Waals surface area contributed by atoms with Crippen LogP contribution in [0.4, 0.5) is 5.88 Å². The first kappa shape index (κ1) is 23.5. The smallest absolute Gasteiger partial charge is 0.339 e. The van der Waals surface area contributed by atoms with Crippen LogP contribution >= 0.6 is 0 Å². The molecule has 4 rings (SSSR count). The number of aromatic amines is 1. The fourth-order valence-corrected chi connectivity index (χ4v) is 3.72. The maximum atomic E-state index is 13.0. The molecule has 35 heavy (non-hydrogen) atoms. The monoisotopic (exact) mass is 473 g/mol. The molecule has 0 atom stereocenters. The summed E-state index contributed by atoms with van der Waals surface area (Å²) in [7, 11) is 1.54. The Morgan fingerprint density at radius 1 is 1.06 bits per heavy atom. The van der Waals surface area contributed by atoms with Gasteiger partial charge in [0.25, 0.3) is 11.5 Å². The number of methoxy groups -OCH3 is 1. The van der Waals surface area contributed by atoms with Crippen LogP contribution in [-0.4, -0.2) is 35.8 Å². The van der Waals surface area contributed by atoms with Crippen molar-refractivity contribution in [3.8, 4) is 5.75 Å². The lowest BCUT2D eigenvalue weighted by Crippen LogP contribution is -2.22. The largest absolute Gasteiger partial charge is 0.496 e. The van der Waals surface area contributed by atoms with Crippen LogP contribution < -0.4 is 15.6 Å². The minimum atomic E-state index is -0.698. The first-order valence-electron chi connectivity index (χ1n) is 10.7. The number of H-pyrrole nitrogens is 1. The number of furan rings is 1. The predicted octanol–water partition coefficient (Wildman–Crippen LogP) is 3.86. The van der Waals surface area contributed by atoms with E-state index in [0.29, 0.717) is 33.7 Å². The SMILES string of the molecule is COc1ccccc1C=C(C(=O)OCC(=O)Nc1oc(C)c2c(C)n[nH]c(=O)c12)c1ccccc1. The number of nitrogens with one attached hydrogen (secondary N) is 2. The van der Waals surface area contributed by atoms with Gasteiger partial charge in [0, 0.05) is 5.56 Å². The van der Waals surface area contributed by atoms with Gasteiger partial charge in [-0.05, 0) is 31.6 Å². The van der Waals surface area contributed by atoms with Crippen molar-refractivity contribution in [2.24, 2.45) is 0 Å². The van der Waals surface area contributed by atoms with Gasteiger partial charge in [-0.3, -0.25) is 14.9 Å². The molecule has 0 radical (unpaired) electrons. The number of aromatic nitrogens is 2. The quantitative estimate of drug-likeness (QED) is 0.237. The van der Waals surface area contributed by atoms with Gasteiger partial charge in [0.15, 0.2) is 6.61 Å². The van der Waals surface area contributed by atoms with Crippen molar-refractivity contribution in [1.82, 2.24) is 10.2 Å². The Hall–Kier alpha value is -4.66. The number of hydrogen-bond acceptors (Lipinski definition) is 7. The van der Waals surface area contributed by atoms with E-state index >= 15 is 0 Å². The zero-order chi connectivity index (χ0) is 24.9. The highest BCUT2D eigenvalue weighted by atomic mass is 16.5. The summed E-state index contributed by atoms with van der Waals surface area (Å²) in [5.41, 5.74) is 1.60. The highest BCUT2D eigenvalue weighted by Crippen LogP contribution is 2.28. The predicted molar refractivity (Wildman–Crippen MR) is 131 cm³/mol. The van der Waals surface area contributed by atoms with Crippen LogP contribution in [0.1, 0.15) is 22.6 Å². The van der Waals surface area contributed by atoms with Crippen molar-refractivity contribution in [3.05, 3.63) is 87.5 Å². The third kappa shape index (κ3) is 4.98. The number of nitrogens with zero attached hydrogens (tertiary/aromatic N) is 1. The molecule has 2 aromatic carbocycles. The molecule has 4 aromatic rings. The molecule has 2 aromatic heterocycles. The second-order valence-corrected chi connectivity index (χ2v) is 7.67. The number of hydrogen-bond donors (Lipinski definition) is 2. The fourth-order valence-electron chi connectivity index (χ4n) is 3.72. The highest BCUT2D eigenvalue weighted by molar-refractivity contribution is 6.22. The molecule has 0 aliphatic carbocycles. The molecule has 2 heterocycles.